The fourth-order valence-corrected chi connectivity index (χ4v) is 4.61. The molecule has 0 saturated carbocycles. The van der Waals surface area contributed by atoms with Crippen LogP contribution in [0.25, 0.3) is 0 Å². The number of thioether (sulfide) groups is 1. The molecular weight excluding hydrogens is 258 g/mol. The number of nitrogens with two attached hydrogens (primary N) is 1. The summed E-state index contributed by atoms with van der Waals surface area (Å²) in [6, 6.07) is 0. The van der Waals surface area contributed by atoms with E-state index >= 15 is 0 Å². The molecule has 0 spiro atoms. The summed E-state index contributed by atoms with van der Waals surface area (Å²) in [4.78, 5) is 0. The van der Waals surface area contributed by atoms with Gasteiger partial charge in [-0.3, -0.25) is 0 Å². The Kier molecular flexibility index (Phi) is 6.22. The molecule has 102 valence electrons. The molecule has 1 rings (SSSR count). The lowest BCUT2D eigenvalue weighted by Gasteiger charge is -2.33. The van der Waals surface area contributed by atoms with Crippen LogP contribution in [0.15, 0.2) is 0 Å². The van der Waals surface area contributed by atoms with Gasteiger partial charge in [-0.25, -0.2) is 0 Å². The molecule has 0 radical (unpaired) electrons. The van der Waals surface area contributed by atoms with E-state index in [9.17, 15) is 8.42 Å². The van der Waals surface area contributed by atoms with Crippen molar-refractivity contribution in [3.8, 4) is 0 Å². The molecule has 2 N–H and O–H groups in total. The van der Waals surface area contributed by atoms with Gasteiger partial charge in [0.05, 0.1) is 0 Å². The van der Waals surface area contributed by atoms with Crippen molar-refractivity contribution in [2.45, 2.75) is 25.0 Å². The van der Waals surface area contributed by atoms with Gasteiger partial charge in [-0.15, -0.1) is 0 Å². The number of rotatable bonds is 6. The first-order chi connectivity index (χ1) is 8.02. The molecule has 0 aliphatic carbocycles. The predicted molar refractivity (Wildman–Crippen MR) is 73.3 cm³/mol. The summed E-state index contributed by atoms with van der Waals surface area (Å²) < 4.78 is 27.5. The zero-order valence-electron chi connectivity index (χ0n) is 10.6. The van der Waals surface area contributed by atoms with E-state index in [-0.39, 0.29) is 0 Å². The maximum atomic E-state index is 12.3. The molecule has 0 bridgehead atoms. The maximum Gasteiger partial charge on any atom is 0.281 e. The summed E-state index contributed by atoms with van der Waals surface area (Å²) >= 11 is 1.87. The van der Waals surface area contributed by atoms with Gasteiger partial charge in [0.15, 0.2) is 0 Å². The first-order valence-electron chi connectivity index (χ1n) is 6.05. The van der Waals surface area contributed by atoms with Crippen LogP contribution in [0.2, 0.25) is 0 Å². The third kappa shape index (κ3) is 4.10. The smallest absolute Gasteiger partial charge is 0.281 e. The summed E-state index contributed by atoms with van der Waals surface area (Å²) in [5.74, 6) is 0.891. The second-order valence-corrected chi connectivity index (χ2v) is 7.67. The molecule has 1 fully saturated rings. The molecule has 5 nitrogen and oxygen atoms in total. The van der Waals surface area contributed by atoms with Gasteiger partial charge >= 0.3 is 0 Å². The summed E-state index contributed by atoms with van der Waals surface area (Å²) in [5, 5.41) is 0.432. The minimum atomic E-state index is -3.28. The predicted octanol–water partition coefficient (Wildman–Crippen LogP) is 0.339. The van der Waals surface area contributed by atoms with Crippen molar-refractivity contribution >= 4 is 22.0 Å². The molecule has 0 amide bonds. The average molecular weight is 281 g/mol. The standard InChI is InChI=1S/C10H23N3O2S2/c1-3-10-9-13(7-8-16-10)17(14,15)12(2)6-4-5-11/h10H,3-9,11H2,1-2H3. The van der Waals surface area contributed by atoms with E-state index in [4.69, 9.17) is 5.73 Å². The summed E-state index contributed by atoms with van der Waals surface area (Å²) in [7, 11) is -1.65. The minimum Gasteiger partial charge on any atom is -0.330 e. The molecule has 0 aromatic heterocycles. The lowest BCUT2D eigenvalue weighted by Crippen LogP contribution is -2.48. The zero-order valence-corrected chi connectivity index (χ0v) is 12.3. The number of hydrogen-bond acceptors (Lipinski definition) is 4. The second kappa shape index (κ2) is 6.94. The molecular formula is C10H23N3O2S2. The highest BCUT2D eigenvalue weighted by Crippen LogP contribution is 2.23. The highest BCUT2D eigenvalue weighted by molar-refractivity contribution is 8.00. The van der Waals surface area contributed by atoms with Crippen LogP contribution in [0.1, 0.15) is 19.8 Å². The van der Waals surface area contributed by atoms with Crippen molar-refractivity contribution in [1.82, 2.24) is 8.61 Å². The van der Waals surface area contributed by atoms with Crippen LogP contribution in [0.5, 0.6) is 0 Å². The Morgan fingerprint density at radius 3 is 2.82 bits per heavy atom. The van der Waals surface area contributed by atoms with E-state index < -0.39 is 10.2 Å². The monoisotopic (exact) mass is 281 g/mol. The Bertz CT molecular complexity index is 322. The van der Waals surface area contributed by atoms with Crippen LogP contribution in [-0.2, 0) is 10.2 Å². The third-order valence-corrected chi connectivity index (χ3v) is 6.28. The molecule has 1 aliphatic rings. The number of nitrogens with zero attached hydrogens (tertiary/aromatic N) is 2. The molecule has 0 aromatic rings. The average Bonchev–Trinajstić information content (AvgIpc) is 2.35. The van der Waals surface area contributed by atoms with Crippen molar-refractivity contribution in [1.29, 1.82) is 0 Å². The maximum absolute atomic E-state index is 12.3. The van der Waals surface area contributed by atoms with Crippen LogP contribution < -0.4 is 5.73 Å². The van der Waals surface area contributed by atoms with E-state index in [1.165, 1.54) is 4.31 Å². The van der Waals surface area contributed by atoms with Gasteiger partial charge < -0.3 is 5.73 Å². The van der Waals surface area contributed by atoms with E-state index in [1.54, 1.807) is 11.4 Å². The molecule has 1 atom stereocenters. The first kappa shape index (κ1) is 15.2. The molecule has 7 heteroatoms. The van der Waals surface area contributed by atoms with Crippen LogP contribution >= 0.6 is 11.8 Å². The second-order valence-electron chi connectivity index (χ2n) is 4.23. The van der Waals surface area contributed by atoms with Gasteiger partial charge in [-0.2, -0.15) is 28.8 Å². The molecule has 1 saturated heterocycles. The van der Waals surface area contributed by atoms with Crippen LogP contribution in [0.3, 0.4) is 0 Å². The Hall–Kier alpha value is 0.180. The van der Waals surface area contributed by atoms with Gasteiger partial charge in [-0.1, -0.05) is 6.92 Å². The Balaban J connectivity index is 2.62. The van der Waals surface area contributed by atoms with E-state index in [2.05, 4.69) is 6.92 Å². The molecule has 1 aliphatic heterocycles. The first-order valence-corrected chi connectivity index (χ1v) is 8.50. The van der Waals surface area contributed by atoms with Gasteiger partial charge in [-0.05, 0) is 19.4 Å². The van der Waals surface area contributed by atoms with E-state index in [1.807, 2.05) is 11.8 Å². The summed E-state index contributed by atoms with van der Waals surface area (Å²) in [6.45, 7) is 4.38. The summed E-state index contributed by atoms with van der Waals surface area (Å²) in [5.41, 5.74) is 5.40. The normalized spacial score (nSPS) is 23.2. The van der Waals surface area contributed by atoms with Gasteiger partial charge in [0.1, 0.15) is 0 Å². The zero-order chi connectivity index (χ0) is 12.9. The Morgan fingerprint density at radius 2 is 2.24 bits per heavy atom. The minimum absolute atomic E-state index is 0.432. The van der Waals surface area contributed by atoms with Gasteiger partial charge in [0, 0.05) is 37.7 Å². The largest absolute Gasteiger partial charge is 0.330 e. The topological polar surface area (TPSA) is 66.6 Å². The van der Waals surface area contributed by atoms with Crippen LogP contribution in [0.4, 0.5) is 0 Å². The van der Waals surface area contributed by atoms with Crippen molar-refractivity contribution in [3.63, 3.8) is 0 Å². The fraction of sp³-hybridized carbons (Fsp3) is 1.00. The van der Waals surface area contributed by atoms with Crippen molar-refractivity contribution in [3.05, 3.63) is 0 Å². The van der Waals surface area contributed by atoms with E-state index in [0.717, 1.165) is 12.2 Å². The quantitative estimate of drug-likeness (QED) is 0.762. The lowest BCUT2D eigenvalue weighted by molar-refractivity contribution is 0.360. The van der Waals surface area contributed by atoms with Crippen LogP contribution in [-0.4, -0.2) is 61.3 Å². The van der Waals surface area contributed by atoms with Crippen molar-refractivity contribution < 1.29 is 8.42 Å². The third-order valence-electron chi connectivity index (χ3n) is 2.95. The van der Waals surface area contributed by atoms with Gasteiger partial charge in [0.2, 0.25) is 0 Å². The molecule has 0 aromatic carbocycles. The lowest BCUT2D eigenvalue weighted by atomic mass is 10.3. The Morgan fingerprint density at radius 1 is 1.53 bits per heavy atom. The van der Waals surface area contributed by atoms with Gasteiger partial charge in [0.25, 0.3) is 10.2 Å². The van der Waals surface area contributed by atoms with E-state index in [0.29, 0.717) is 37.8 Å². The van der Waals surface area contributed by atoms with Crippen molar-refractivity contribution in [2.24, 2.45) is 5.73 Å². The summed E-state index contributed by atoms with van der Waals surface area (Å²) in [6.07, 6.45) is 1.72. The van der Waals surface area contributed by atoms with Crippen molar-refractivity contribution in [2.75, 3.05) is 39.0 Å². The fourth-order valence-electron chi connectivity index (χ4n) is 1.78. The highest BCUT2D eigenvalue weighted by Gasteiger charge is 2.31. The Labute approximate surface area is 109 Å². The molecule has 17 heavy (non-hydrogen) atoms. The van der Waals surface area contributed by atoms with Crippen LogP contribution in [0, 0.1) is 0 Å². The SMILES string of the molecule is CCC1CN(S(=O)(=O)N(C)CCCN)CCS1. The molecule has 1 heterocycles. The highest BCUT2D eigenvalue weighted by atomic mass is 32.2. The number of hydrogen-bond donors (Lipinski definition) is 1. The molecule has 1 unspecified atom stereocenters.